The average molecular weight is 286 g/mol. The second-order valence-corrected chi connectivity index (χ2v) is 4.71. The Morgan fingerprint density at radius 3 is 2.52 bits per heavy atom. The molecule has 0 aliphatic rings. The molecular formula is C15H18N4O2. The molecule has 2 aromatic carbocycles. The molecule has 0 aliphatic carbocycles. The molecule has 0 heterocycles. The number of nitrogens with zero attached hydrogens (tertiary/aromatic N) is 1. The fourth-order valence-corrected chi connectivity index (χ4v) is 2.22. The Labute approximate surface area is 123 Å². The van der Waals surface area contributed by atoms with Crippen molar-refractivity contribution in [3.05, 3.63) is 63.7 Å². The number of nitro groups is 1. The van der Waals surface area contributed by atoms with Gasteiger partial charge in [-0.3, -0.25) is 16.0 Å². The average Bonchev–Trinajstić information content (AvgIpc) is 2.48. The Bertz CT molecular complexity index is 643. The maximum atomic E-state index is 11.2. The summed E-state index contributed by atoms with van der Waals surface area (Å²) in [6, 6.07) is 13.1. The zero-order valence-electron chi connectivity index (χ0n) is 11.8. The van der Waals surface area contributed by atoms with Gasteiger partial charge in [0.05, 0.1) is 4.92 Å². The first-order valence-corrected chi connectivity index (χ1v) is 6.66. The molecule has 0 saturated heterocycles. The number of aryl methyl sites for hydroxylation is 1. The van der Waals surface area contributed by atoms with Crippen LogP contribution < -0.4 is 16.6 Å². The number of hydrogen-bond donors (Lipinski definition) is 3. The van der Waals surface area contributed by atoms with Gasteiger partial charge in [0.25, 0.3) is 0 Å². The number of benzene rings is 2. The SMILES string of the molecule is Cc1ccccc1CCNc1cccc(NN)c1[N+](=O)[O-]. The molecule has 6 heteroatoms. The summed E-state index contributed by atoms with van der Waals surface area (Å²) in [4.78, 5) is 10.7. The highest BCUT2D eigenvalue weighted by Gasteiger charge is 2.18. The van der Waals surface area contributed by atoms with E-state index in [9.17, 15) is 10.1 Å². The highest BCUT2D eigenvalue weighted by Crippen LogP contribution is 2.32. The van der Waals surface area contributed by atoms with Gasteiger partial charge in [-0.1, -0.05) is 30.3 Å². The van der Waals surface area contributed by atoms with Crippen molar-refractivity contribution in [3.8, 4) is 0 Å². The van der Waals surface area contributed by atoms with Gasteiger partial charge < -0.3 is 10.7 Å². The third-order valence-corrected chi connectivity index (χ3v) is 3.35. The minimum absolute atomic E-state index is 0.0372. The smallest absolute Gasteiger partial charge is 0.316 e. The van der Waals surface area contributed by atoms with E-state index in [0.717, 1.165) is 6.42 Å². The highest BCUT2D eigenvalue weighted by molar-refractivity contribution is 5.75. The fraction of sp³-hybridized carbons (Fsp3) is 0.200. The molecule has 0 saturated carbocycles. The lowest BCUT2D eigenvalue weighted by molar-refractivity contribution is -0.383. The molecule has 0 bridgehead atoms. The van der Waals surface area contributed by atoms with Crippen molar-refractivity contribution in [3.63, 3.8) is 0 Å². The Morgan fingerprint density at radius 2 is 1.86 bits per heavy atom. The van der Waals surface area contributed by atoms with Gasteiger partial charge in [-0.05, 0) is 36.6 Å². The van der Waals surface area contributed by atoms with Crippen LogP contribution in [0, 0.1) is 17.0 Å². The fourth-order valence-electron chi connectivity index (χ4n) is 2.22. The van der Waals surface area contributed by atoms with Crippen molar-refractivity contribution >= 4 is 17.1 Å². The van der Waals surface area contributed by atoms with Gasteiger partial charge in [0.1, 0.15) is 11.4 Å². The zero-order valence-corrected chi connectivity index (χ0v) is 11.8. The van der Waals surface area contributed by atoms with Crippen molar-refractivity contribution in [2.45, 2.75) is 13.3 Å². The maximum absolute atomic E-state index is 11.2. The molecule has 0 amide bonds. The molecule has 110 valence electrons. The van der Waals surface area contributed by atoms with E-state index in [4.69, 9.17) is 5.84 Å². The van der Waals surface area contributed by atoms with E-state index >= 15 is 0 Å². The number of nitro benzene ring substituents is 1. The van der Waals surface area contributed by atoms with Crippen molar-refractivity contribution < 1.29 is 4.92 Å². The largest absolute Gasteiger partial charge is 0.379 e. The van der Waals surface area contributed by atoms with Crippen molar-refractivity contribution in [1.29, 1.82) is 0 Å². The van der Waals surface area contributed by atoms with Crippen LogP contribution >= 0.6 is 0 Å². The number of hydrazine groups is 1. The Hall–Kier alpha value is -2.60. The molecule has 0 aromatic heterocycles. The second kappa shape index (κ2) is 6.71. The van der Waals surface area contributed by atoms with E-state index in [1.807, 2.05) is 12.1 Å². The molecule has 0 aliphatic heterocycles. The summed E-state index contributed by atoms with van der Waals surface area (Å²) < 4.78 is 0. The van der Waals surface area contributed by atoms with Gasteiger partial charge in [0.2, 0.25) is 0 Å². The molecule has 0 spiro atoms. The van der Waals surface area contributed by atoms with Gasteiger partial charge in [-0.25, -0.2) is 0 Å². The van der Waals surface area contributed by atoms with Gasteiger partial charge in [0.15, 0.2) is 0 Å². The first-order chi connectivity index (χ1) is 10.1. The third kappa shape index (κ3) is 3.49. The summed E-state index contributed by atoms with van der Waals surface area (Å²) in [5.41, 5.74) is 5.51. The number of nitrogens with two attached hydrogens (primary N) is 1. The predicted octanol–water partition coefficient (Wildman–Crippen LogP) is 2.84. The van der Waals surface area contributed by atoms with Crippen LogP contribution in [0.1, 0.15) is 11.1 Å². The van der Waals surface area contributed by atoms with Crippen molar-refractivity contribution in [2.24, 2.45) is 5.84 Å². The van der Waals surface area contributed by atoms with Crippen molar-refractivity contribution in [2.75, 3.05) is 17.3 Å². The molecule has 0 atom stereocenters. The quantitative estimate of drug-likeness (QED) is 0.431. The normalized spacial score (nSPS) is 10.2. The molecule has 6 nitrogen and oxygen atoms in total. The lowest BCUT2D eigenvalue weighted by Gasteiger charge is -2.10. The van der Waals surface area contributed by atoms with E-state index in [0.29, 0.717) is 17.9 Å². The van der Waals surface area contributed by atoms with Gasteiger partial charge in [0, 0.05) is 6.54 Å². The molecule has 2 aromatic rings. The molecule has 0 radical (unpaired) electrons. The van der Waals surface area contributed by atoms with Crippen LogP contribution in [0.4, 0.5) is 17.1 Å². The number of anilines is 2. The van der Waals surface area contributed by atoms with E-state index in [1.54, 1.807) is 18.2 Å². The van der Waals surface area contributed by atoms with Crippen LogP contribution in [-0.2, 0) is 6.42 Å². The van der Waals surface area contributed by atoms with E-state index in [-0.39, 0.29) is 5.69 Å². The number of nitrogen functional groups attached to an aromatic ring is 1. The summed E-state index contributed by atoms with van der Waals surface area (Å²) in [6.45, 7) is 2.66. The topological polar surface area (TPSA) is 93.2 Å². The predicted molar refractivity (Wildman–Crippen MR) is 84.3 cm³/mol. The standard InChI is InChI=1S/C15H18N4O2/c1-11-5-2-3-6-12(11)9-10-17-13-7-4-8-14(18-16)15(13)19(20)21/h2-8,17-18H,9-10,16H2,1H3. The highest BCUT2D eigenvalue weighted by atomic mass is 16.6. The van der Waals surface area contributed by atoms with Gasteiger partial charge in [-0.2, -0.15) is 0 Å². The number of nitrogens with one attached hydrogen (secondary N) is 2. The van der Waals surface area contributed by atoms with E-state index < -0.39 is 4.92 Å². The molecule has 0 fully saturated rings. The Balaban J connectivity index is 2.10. The van der Waals surface area contributed by atoms with Crippen LogP contribution in [0.2, 0.25) is 0 Å². The van der Waals surface area contributed by atoms with E-state index in [2.05, 4.69) is 29.8 Å². The zero-order chi connectivity index (χ0) is 15.2. The van der Waals surface area contributed by atoms with Gasteiger partial charge in [-0.15, -0.1) is 0 Å². The van der Waals surface area contributed by atoms with Gasteiger partial charge >= 0.3 is 5.69 Å². The van der Waals surface area contributed by atoms with E-state index in [1.165, 1.54) is 11.1 Å². The van der Waals surface area contributed by atoms with Crippen LogP contribution in [0.25, 0.3) is 0 Å². The third-order valence-electron chi connectivity index (χ3n) is 3.35. The molecular weight excluding hydrogens is 268 g/mol. The summed E-state index contributed by atoms with van der Waals surface area (Å²) in [5, 5.41) is 14.3. The monoisotopic (exact) mass is 286 g/mol. The van der Waals surface area contributed by atoms with Crippen LogP contribution in [-0.4, -0.2) is 11.5 Å². The molecule has 0 unspecified atom stereocenters. The van der Waals surface area contributed by atoms with Crippen LogP contribution in [0.5, 0.6) is 0 Å². The molecule has 2 rings (SSSR count). The first kappa shape index (κ1) is 14.8. The summed E-state index contributed by atoms with van der Waals surface area (Å²) in [6.07, 6.45) is 0.796. The number of hydrogen-bond acceptors (Lipinski definition) is 5. The Morgan fingerprint density at radius 1 is 1.14 bits per heavy atom. The number of rotatable bonds is 6. The Kier molecular flexibility index (Phi) is 4.73. The van der Waals surface area contributed by atoms with Crippen LogP contribution in [0.15, 0.2) is 42.5 Å². The summed E-state index contributed by atoms with van der Waals surface area (Å²) >= 11 is 0. The first-order valence-electron chi connectivity index (χ1n) is 6.66. The number of para-hydroxylation sites is 1. The summed E-state index contributed by atoms with van der Waals surface area (Å²) in [7, 11) is 0. The maximum Gasteiger partial charge on any atom is 0.316 e. The lowest BCUT2D eigenvalue weighted by Crippen LogP contribution is -2.12. The van der Waals surface area contributed by atoms with Crippen LogP contribution in [0.3, 0.4) is 0 Å². The molecule has 4 N–H and O–H groups in total. The minimum atomic E-state index is -0.439. The lowest BCUT2D eigenvalue weighted by atomic mass is 10.1. The second-order valence-electron chi connectivity index (χ2n) is 4.71. The summed E-state index contributed by atoms with van der Waals surface area (Å²) in [5.74, 6) is 5.31. The van der Waals surface area contributed by atoms with Crippen molar-refractivity contribution in [1.82, 2.24) is 0 Å². The molecule has 21 heavy (non-hydrogen) atoms. The minimum Gasteiger partial charge on any atom is -0.379 e.